The van der Waals surface area contributed by atoms with Crippen molar-refractivity contribution in [3.8, 4) is 0 Å². The highest BCUT2D eigenvalue weighted by molar-refractivity contribution is 7.98. The van der Waals surface area contributed by atoms with Crippen LogP contribution in [0, 0.1) is 0 Å². The Balaban J connectivity index is 2.58. The molecule has 83 heavy (non-hydrogen) atoms. The number of H-pyrrole nitrogens is 1. The number of nitrogens with two attached hydrogens (primary N) is 8. The van der Waals surface area contributed by atoms with Crippen molar-refractivity contribution in [1.29, 1.82) is 0 Å². The van der Waals surface area contributed by atoms with E-state index in [0.717, 1.165) is 10.9 Å². The molecule has 0 fully saturated rings. The Morgan fingerprint density at radius 1 is 0.542 bits per heavy atom. The van der Waals surface area contributed by atoms with Gasteiger partial charge in [-0.25, -0.2) is 4.79 Å². The van der Waals surface area contributed by atoms with Crippen LogP contribution in [0.25, 0.3) is 10.9 Å². The SMILES string of the molecule is CSCCC(NC(=O)C(CCCN=C(N)N)NC(=O)C(CCCN=C(N)N)NC(=O)C(C)NC(=O)C(N)CS)C(=O)NC(CCCCN)C(=O)NC(Cc1c[nH]c2ccccc12)C(=O)NC(CCCCN)C(=O)NC(CCCCN)C(=O)O. The number of aromatic amines is 1. The largest absolute Gasteiger partial charge is 0.480 e. The third-order valence-electron chi connectivity index (χ3n) is 13.1. The summed E-state index contributed by atoms with van der Waals surface area (Å²) in [5.41, 5.74) is 46.5. The lowest BCUT2D eigenvalue weighted by molar-refractivity contribution is -0.142. The molecule has 0 aliphatic heterocycles. The van der Waals surface area contributed by atoms with Gasteiger partial charge in [0, 0.05) is 42.4 Å². The minimum Gasteiger partial charge on any atom is -0.480 e. The zero-order chi connectivity index (χ0) is 61.9. The smallest absolute Gasteiger partial charge is 0.326 e. The van der Waals surface area contributed by atoms with E-state index >= 15 is 0 Å². The Bertz CT molecular complexity index is 2440. The summed E-state index contributed by atoms with van der Waals surface area (Å²) in [6, 6.07) is -4.02. The highest BCUT2D eigenvalue weighted by atomic mass is 32.2. The van der Waals surface area contributed by atoms with E-state index in [1.165, 1.54) is 18.7 Å². The minimum atomic E-state index is -1.37. The summed E-state index contributed by atoms with van der Waals surface area (Å²) in [5.74, 6) is -7.46. The fourth-order valence-electron chi connectivity index (χ4n) is 8.45. The third-order valence-corrected chi connectivity index (χ3v) is 14.2. The number of nitrogens with zero attached hydrogens (tertiary/aromatic N) is 2. The normalized spacial score (nSPS) is 14.3. The van der Waals surface area contributed by atoms with E-state index < -0.39 is 108 Å². The fraction of sp³-hybridized carbons (Fsp3) is 0.635. The van der Waals surface area contributed by atoms with Crippen LogP contribution >= 0.6 is 24.4 Å². The Hall–Kier alpha value is -6.93. The van der Waals surface area contributed by atoms with Crippen LogP contribution in [-0.4, -0.2) is 180 Å². The van der Waals surface area contributed by atoms with Crippen molar-refractivity contribution >= 4 is 100 Å². The number of thioether (sulfide) groups is 1. The van der Waals surface area contributed by atoms with Gasteiger partial charge in [0.1, 0.15) is 48.3 Å². The fourth-order valence-corrected chi connectivity index (χ4v) is 9.09. The van der Waals surface area contributed by atoms with Gasteiger partial charge in [-0.3, -0.25) is 48.3 Å². The second kappa shape index (κ2) is 40.3. The van der Waals surface area contributed by atoms with Gasteiger partial charge in [-0.15, -0.1) is 0 Å². The Kier molecular flexibility index (Phi) is 35.1. The number of carboxylic acids is 1. The molecule has 0 saturated heterocycles. The van der Waals surface area contributed by atoms with Gasteiger partial charge in [0.2, 0.25) is 47.3 Å². The molecule has 9 atom stereocenters. The number of carbonyl (C=O) groups is 9. The number of aliphatic imine (C=N–C) groups is 2. The molecule has 1 aromatic heterocycles. The number of rotatable bonds is 43. The van der Waals surface area contributed by atoms with Crippen LogP contribution in [-0.2, 0) is 49.6 Å². The van der Waals surface area contributed by atoms with Crippen LogP contribution in [0.5, 0.6) is 0 Å². The lowest BCUT2D eigenvalue weighted by Gasteiger charge is -2.28. The van der Waals surface area contributed by atoms with Gasteiger partial charge in [0.15, 0.2) is 11.9 Å². The predicted molar refractivity (Wildman–Crippen MR) is 324 cm³/mol. The van der Waals surface area contributed by atoms with E-state index in [9.17, 15) is 48.3 Å². The molecule has 466 valence electrons. The molecule has 8 amide bonds. The van der Waals surface area contributed by atoms with Crippen molar-refractivity contribution in [2.24, 2.45) is 55.9 Å². The average Bonchev–Trinajstić information content (AvgIpc) is 4.07. The number of guanidine groups is 2. The van der Waals surface area contributed by atoms with Crippen LogP contribution in [0.4, 0.5) is 0 Å². The van der Waals surface area contributed by atoms with E-state index in [1.54, 1.807) is 18.5 Å². The maximum absolute atomic E-state index is 14.7. The topological polar surface area (TPSA) is 519 Å². The summed E-state index contributed by atoms with van der Waals surface area (Å²) in [4.78, 5) is 135. The number of aliphatic carboxylic acids is 1. The monoisotopic (exact) mass is 1210 g/mol. The van der Waals surface area contributed by atoms with Gasteiger partial charge in [0.05, 0.1) is 6.04 Å². The summed E-state index contributed by atoms with van der Waals surface area (Å²) in [7, 11) is 0. The first-order valence-corrected chi connectivity index (χ1v) is 29.9. The first-order valence-electron chi connectivity index (χ1n) is 27.9. The molecular weight excluding hydrogens is 1110 g/mol. The number of hydrogen-bond donors (Lipinski definition) is 19. The Labute approximate surface area is 494 Å². The minimum absolute atomic E-state index is 0.000384. The third kappa shape index (κ3) is 27.8. The molecule has 0 saturated carbocycles. The second-order valence-corrected chi connectivity index (χ2v) is 21.2. The summed E-state index contributed by atoms with van der Waals surface area (Å²) < 4.78 is 0. The van der Waals surface area contributed by atoms with E-state index in [2.05, 4.69) is 70.1 Å². The van der Waals surface area contributed by atoms with E-state index in [0.29, 0.717) is 56.4 Å². The molecule has 26 N–H and O–H groups in total. The quantitative estimate of drug-likeness (QED) is 0.0131. The number of carbonyl (C=O) groups excluding carboxylic acids is 8. The molecule has 0 aliphatic rings. The molecule has 2 rings (SSSR count). The summed E-state index contributed by atoms with van der Waals surface area (Å²) in [5, 5.41) is 32.1. The van der Waals surface area contributed by atoms with Gasteiger partial charge in [-0.2, -0.15) is 24.4 Å². The van der Waals surface area contributed by atoms with E-state index in [4.69, 9.17) is 45.9 Å². The maximum Gasteiger partial charge on any atom is 0.326 e. The number of thiol groups is 1. The molecule has 0 spiro atoms. The Morgan fingerprint density at radius 3 is 1.35 bits per heavy atom. The molecule has 1 heterocycles. The van der Waals surface area contributed by atoms with Gasteiger partial charge in [-0.1, -0.05) is 18.2 Å². The van der Waals surface area contributed by atoms with Gasteiger partial charge >= 0.3 is 5.97 Å². The first kappa shape index (κ1) is 72.2. The molecule has 29 nitrogen and oxygen atoms in total. The number of para-hydroxylation sites is 1. The van der Waals surface area contributed by atoms with Gasteiger partial charge < -0.3 is 98.5 Å². The van der Waals surface area contributed by atoms with Crippen molar-refractivity contribution < 1.29 is 48.3 Å². The number of benzene rings is 1. The maximum atomic E-state index is 14.7. The predicted octanol–water partition coefficient (Wildman–Crippen LogP) is -3.80. The second-order valence-electron chi connectivity index (χ2n) is 19.9. The number of amides is 8. The highest BCUT2D eigenvalue weighted by Gasteiger charge is 2.35. The molecule has 2 aromatic rings. The zero-order valence-corrected chi connectivity index (χ0v) is 49.3. The van der Waals surface area contributed by atoms with E-state index in [-0.39, 0.29) is 102 Å². The van der Waals surface area contributed by atoms with Gasteiger partial charge in [0.25, 0.3) is 0 Å². The van der Waals surface area contributed by atoms with Crippen LogP contribution in [0.3, 0.4) is 0 Å². The number of fused-ring (bicyclic) bond motifs is 1. The van der Waals surface area contributed by atoms with Crippen LogP contribution in [0.1, 0.15) is 102 Å². The lowest BCUT2D eigenvalue weighted by Crippen LogP contribution is -2.60. The summed E-state index contributed by atoms with van der Waals surface area (Å²) in [6.45, 7) is 2.38. The number of hydrogen-bond acceptors (Lipinski definition) is 17. The van der Waals surface area contributed by atoms with Crippen molar-refractivity contribution in [1.82, 2.24) is 47.5 Å². The zero-order valence-electron chi connectivity index (χ0n) is 47.6. The van der Waals surface area contributed by atoms with Gasteiger partial charge in [-0.05, 0) is 140 Å². The summed E-state index contributed by atoms with van der Waals surface area (Å²) in [6.07, 6.45) is 6.53. The molecule has 0 bridgehead atoms. The molecule has 31 heteroatoms. The van der Waals surface area contributed by atoms with Crippen molar-refractivity contribution in [2.45, 2.75) is 158 Å². The summed E-state index contributed by atoms with van der Waals surface area (Å²) >= 11 is 5.39. The number of aromatic nitrogens is 1. The molecule has 9 unspecified atom stereocenters. The highest BCUT2D eigenvalue weighted by Crippen LogP contribution is 2.20. The lowest BCUT2D eigenvalue weighted by atomic mass is 10.0. The number of unbranched alkanes of at least 4 members (excludes halogenated alkanes) is 3. The van der Waals surface area contributed by atoms with Crippen LogP contribution in [0.15, 0.2) is 40.4 Å². The first-order chi connectivity index (χ1) is 39.6. The van der Waals surface area contributed by atoms with E-state index in [1.807, 2.05) is 18.2 Å². The molecule has 1 aromatic carbocycles. The van der Waals surface area contributed by atoms with Crippen LogP contribution < -0.4 is 88.4 Å². The van der Waals surface area contributed by atoms with Crippen molar-refractivity contribution in [2.75, 3.05) is 50.5 Å². The molecular formula is C52H91N19O10S2. The van der Waals surface area contributed by atoms with Crippen LogP contribution in [0.2, 0.25) is 0 Å². The number of carboxylic acid groups (broad SMARTS) is 1. The number of nitrogens with one attached hydrogen (secondary N) is 9. The Morgan fingerprint density at radius 2 is 0.928 bits per heavy atom. The standard InChI is InChI=1S/C52H91N19O10S2/c1-30(64-43(73)33(56)29-82)42(72)65-37(18-11-24-61-51(57)58)44(74)67-38(19-12-25-62-52(59)60)45(75)69-39(20-26-83-2)48(78)66-36(16-6-9-22-54)47(77)71-41(27-31-28-63-34-14-4-3-13-32(31)34)49(79)68-35(15-5-8-21-53)46(76)70-40(50(80)81)17-7-10-23-55/h3-4,13-14,28,30,33,35-41,63,82H,5-12,15-27,29,53-56H2,1-2H3,(H,64,73)(H,65,72)(H,66,78)(H,67,74)(H,68,79)(H,69,75)(H,70,76)(H,71,77)(H,80,81)(H4,57,58,61)(H4,59,60,62). The van der Waals surface area contributed by atoms with Crippen molar-refractivity contribution in [3.63, 3.8) is 0 Å². The average molecular weight is 1210 g/mol. The molecule has 0 aliphatic carbocycles. The molecule has 0 radical (unpaired) electrons. The van der Waals surface area contributed by atoms with Crippen molar-refractivity contribution in [3.05, 3.63) is 36.0 Å².